The molecule has 4 heteroatoms. The number of rotatable bonds is 6. The Morgan fingerprint density at radius 1 is 1.20 bits per heavy atom. The lowest BCUT2D eigenvalue weighted by Crippen LogP contribution is -2.05. The molecule has 0 radical (unpaired) electrons. The largest absolute Gasteiger partial charge is 0.497 e. The number of hydrogen-bond donors (Lipinski definition) is 0. The van der Waals surface area contributed by atoms with Crippen LogP contribution in [0.5, 0.6) is 5.75 Å². The summed E-state index contributed by atoms with van der Waals surface area (Å²) in [6.07, 6.45) is 6.02. The van der Waals surface area contributed by atoms with Gasteiger partial charge in [0.25, 0.3) is 0 Å². The van der Waals surface area contributed by atoms with Crippen molar-refractivity contribution >= 4 is 23.2 Å². The van der Waals surface area contributed by atoms with Crippen LogP contribution in [-0.4, -0.2) is 17.5 Å². The molecule has 0 aliphatic heterocycles. The highest BCUT2D eigenvalue weighted by molar-refractivity contribution is 6.31. The number of aryl methyl sites for hydroxylation is 1. The monoisotopic (exact) mass is 309 g/mol. The Labute approximate surface area is 129 Å². The van der Waals surface area contributed by atoms with Crippen molar-refractivity contribution in [1.82, 2.24) is 4.98 Å². The second kappa shape index (κ2) is 7.51. The van der Waals surface area contributed by atoms with Crippen LogP contribution >= 0.6 is 23.2 Å². The Bertz CT molecular complexity index is 542. The van der Waals surface area contributed by atoms with E-state index in [9.17, 15) is 0 Å². The second-order valence-corrected chi connectivity index (χ2v) is 5.68. The SMILES string of the molecule is COc1ccc(CCC(Cl)Cc2ccncc2Cl)cc1. The number of pyridine rings is 1. The van der Waals surface area contributed by atoms with Crippen LogP contribution in [0.1, 0.15) is 17.5 Å². The number of halogens is 2. The van der Waals surface area contributed by atoms with Gasteiger partial charge < -0.3 is 4.74 Å². The smallest absolute Gasteiger partial charge is 0.118 e. The zero-order chi connectivity index (χ0) is 14.4. The van der Waals surface area contributed by atoms with E-state index >= 15 is 0 Å². The third kappa shape index (κ3) is 4.39. The molecule has 0 spiro atoms. The summed E-state index contributed by atoms with van der Waals surface area (Å²) >= 11 is 12.5. The van der Waals surface area contributed by atoms with Crippen LogP contribution in [0, 0.1) is 0 Å². The Balaban J connectivity index is 1.85. The van der Waals surface area contributed by atoms with Gasteiger partial charge in [-0.1, -0.05) is 23.7 Å². The van der Waals surface area contributed by atoms with Crippen molar-refractivity contribution in [2.45, 2.75) is 24.6 Å². The summed E-state index contributed by atoms with van der Waals surface area (Å²) in [4.78, 5) is 3.98. The summed E-state index contributed by atoms with van der Waals surface area (Å²) in [6.45, 7) is 0. The normalized spacial score (nSPS) is 12.2. The Kier molecular flexibility index (Phi) is 5.69. The fourth-order valence-electron chi connectivity index (χ4n) is 2.03. The predicted molar refractivity (Wildman–Crippen MR) is 83.9 cm³/mol. The van der Waals surface area contributed by atoms with E-state index in [1.165, 1.54) is 5.56 Å². The standard InChI is InChI=1S/C16H17Cl2NO/c1-20-15-6-3-12(4-7-15)2-5-14(17)10-13-8-9-19-11-16(13)18/h3-4,6-9,11,14H,2,5,10H2,1H3. The maximum atomic E-state index is 6.39. The van der Waals surface area contributed by atoms with Crippen LogP contribution in [0.3, 0.4) is 0 Å². The number of hydrogen-bond acceptors (Lipinski definition) is 2. The number of benzene rings is 1. The molecule has 1 unspecified atom stereocenters. The molecule has 2 nitrogen and oxygen atoms in total. The average molecular weight is 310 g/mol. The summed E-state index contributed by atoms with van der Waals surface area (Å²) in [6, 6.07) is 10.0. The lowest BCUT2D eigenvalue weighted by Gasteiger charge is -2.11. The molecule has 0 aliphatic carbocycles. The molecular weight excluding hydrogens is 293 g/mol. The van der Waals surface area contributed by atoms with Crippen molar-refractivity contribution in [3.8, 4) is 5.75 Å². The summed E-state index contributed by atoms with van der Waals surface area (Å²) in [5.74, 6) is 0.875. The Morgan fingerprint density at radius 3 is 2.60 bits per heavy atom. The average Bonchev–Trinajstić information content (AvgIpc) is 2.48. The van der Waals surface area contributed by atoms with E-state index in [1.54, 1.807) is 19.5 Å². The number of alkyl halides is 1. The van der Waals surface area contributed by atoms with Crippen molar-refractivity contribution in [3.05, 3.63) is 58.9 Å². The molecule has 0 saturated heterocycles. The molecule has 0 bridgehead atoms. The van der Waals surface area contributed by atoms with Gasteiger partial charge in [0.2, 0.25) is 0 Å². The lowest BCUT2D eigenvalue weighted by molar-refractivity contribution is 0.414. The molecule has 0 saturated carbocycles. The van der Waals surface area contributed by atoms with Gasteiger partial charge >= 0.3 is 0 Å². The molecule has 0 amide bonds. The third-order valence-corrected chi connectivity index (χ3v) is 3.92. The van der Waals surface area contributed by atoms with Gasteiger partial charge in [0.15, 0.2) is 0 Å². The van der Waals surface area contributed by atoms with Gasteiger partial charge in [-0.3, -0.25) is 4.98 Å². The maximum Gasteiger partial charge on any atom is 0.118 e. The van der Waals surface area contributed by atoms with E-state index in [0.29, 0.717) is 5.02 Å². The summed E-state index contributed by atoms with van der Waals surface area (Å²) in [5, 5.41) is 0.750. The Morgan fingerprint density at radius 2 is 1.95 bits per heavy atom. The minimum absolute atomic E-state index is 0.0667. The third-order valence-electron chi connectivity index (χ3n) is 3.20. The second-order valence-electron chi connectivity index (χ2n) is 4.66. The highest BCUT2D eigenvalue weighted by Crippen LogP contribution is 2.20. The van der Waals surface area contributed by atoms with Gasteiger partial charge in [0.1, 0.15) is 5.75 Å². The molecule has 0 fully saturated rings. The van der Waals surface area contributed by atoms with Gasteiger partial charge in [0, 0.05) is 17.8 Å². The van der Waals surface area contributed by atoms with Crippen LogP contribution < -0.4 is 4.74 Å². The van der Waals surface area contributed by atoms with Gasteiger partial charge in [-0.05, 0) is 48.6 Å². The molecule has 2 aromatic rings. The first-order chi connectivity index (χ1) is 9.69. The minimum atomic E-state index is 0.0667. The van der Waals surface area contributed by atoms with E-state index in [-0.39, 0.29) is 5.38 Å². The van der Waals surface area contributed by atoms with Gasteiger partial charge in [0.05, 0.1) is 12.1 Å². The number of nitrogens with zero attached hydrogens (tertiary/aromatic N) is 1. The summed E-state index contributed by atoms with van der Waals surface area (Å²) in [7, 11) is 1.67. The van der Waals surface area contributed by atoms with Gasteiger partial charge in [-0.15, -0.1) is 11.6 Å². The molecule has 1 atom stereocenters. The molecule has 1 aromatic heterocycles. The molecule has 0 aliphatic rings. The van der Waals surface area contributed by atoms with Gasteiger partial charge in [-0.2, -0.15) is 0 Å². The topological polar surface area (TPSA) is 22.1 Å². The summed E-state index contributed by atoms with van der Waals surface area (Å²) in [5.41, 5.74) is 2.31. The highest BCUT2D eigenvalue weighted by Gasteiger charge is 2.09. The van der Waals surface area contributed by atoms with E-state index in [2.05, 4.69) is 17.1 Å². The first kappa shape index (κ1) is 15.1. The van der Waals surface area contributed by atoms with Crippen LogP contribution in [-0.2, 0) is 12.8 Å². The summed E-state index contributed by atoms with van der Waals surface area (Å²) < 4.78 is 5.14. The number of methoxy groups -OCH3 is 1. The van der Waals surface area contributed by atoms with E-state index < -0.39 is 0 Å². The van der Waals surface area contributed by atoms with Crippen molar-refractivity contribution in [2.24, 2.45) is 0 Å². The lowest BCUT2D eigenvalue weighted by atomic mass is 10.0. The van der Waals surface area contributed by atoms with E-state index in [0.717, 1.165) is 30.6 Å². The molecular formula is C16H17Cl2NO. The molecule has 20 heavy (non-hydrogen) atoms. The van der Waals surface area contributed by atoms with Crippen LogP contribution in [0.2, 0.25) is 5.02 Å². The van der Waals surface area contributed by atoms with E-state index in [4.69, 9.17) is 27.9 Å². The molecule has 0 N–H and O–H groups in total. The van der Waals surface area contributed by atoms with Crippen molar-refractivity contribution < 1.29 is 4.74 Å². The van der Waals surface area contributed by atoms with Crippen LogP contribution in [0.4, 0.5) is 0 Å². The first-order valence-corrected chi connectivity index (χ1v) is 7.36. The molecule has 1 heterocycles. The molecule has 2 rings (SSSR count). The Hall–Kier alpha value is -1.25. The van der Waals surface area contributed by atoms with Crippen LogP contribution in [0.15, 0.2) is 42.7 Å². The maximum absolute atomic E-state index is 6.39. The van der Waals surface area contributed by atoms with Gasteiger partial charge in [-0.25, -0.2) is 0 Å². The zero-order valence-electron chi connectivity index (χ0n) is 11.4. The fourth-order valence-corrected chi connectivity index (χ4v) is 2.50. The highest BCUT2D eigenvalue weighted by atomic mass is 35.5. The van der Waals surface area contributed by atoms with Crippen molar-refractivity contribution in [2.75, 3.05) is 7.11 Å². The first-order valence-electron chi connectivity index (χ1n) is 6.54. The van der Waals surface area contributed by atoms with Crippen molar-refractivity contribution in [1.29, 1.82) is 0 Å². The zero-order valence-corrected chi connectivity index (χ0v) is 12.9. The predicted octanol–water partition coefficient (Wildman–Crippen LogP) is 4.53. The quantitative estimate of drug-likeness (QED) is 0.732. The molecule has 106 valence electrons. The minimum Gasteiger partial charge on any atom is -0.497 e. The van der Waals surface area contributed by atoms with E-state index in [1.807, 2.05) is 18.2 Å². The fraction of sp³-hybridized carbons (Fsp3) is 0.312. The van der Waals surface area contributed by atoms with Crippen LogP contribution in [0.25, 0.3) is 0 Å². The molecule has 1 aromatic carbocycles. The van der Waals surface area contributed by atoms with Crippen molar-refractivity contribution in [3.63, 3.8) is 0 Å². The number of aromatic nitrogens is 1. The number of ether oxygens (including phenoxy) is 1.